The van der Waals surface area contributed by atoms with Gasteiger partial charge in [0.2, 0.25) is 5.76 Å². The van der Waals surface area contributed by atoms with Crippen molar-refractivity contribution in [3.8, 4) is 0 Å². The Hall–Kier alpha value is -3.26. The number of hydrogen-bond donors (Lipinski definition) is 2. The Morgan fingerprint density at radius 1 is 1.16 bits per heavy atom. The second kappa shape index (κ2) is 8.11. The molecule has 160 valence electrons. The molecule has 0 atom stereocenters. The highest BCUT2D eigenvalue weighted by Gasteiger charge is 2.41. The lowest BCUT2D eigenvalue weighted by molar-refractivity contribution is 0.00936. The van der Waals surface area contributed by atoms with Crippen LogP contribution in [0, 0.1) is 11.6 Å². The molecule has 4 rings (SSSR count). The Morgan fingerprint density at radius 3 is 2.77 bits per heavy atom. The van der Waals surface area contributed by atoms with E-state index in [0.29, 0.717) is 30.1 Å². The van der Waals surface area contributed by atoms with E-state index < -0.39 is 28.9 Å². The molecule has 31 heavy (non-hydrogen) atoms. The number of aromatic amines is 1. The molecule has 2 aromatic heterocycles. The van der Waals surface area contributed by atoms with E-state index in [9.17, 15) is 17.6 Å². The van der Waals surface area contributed by atoms with Crippen molar-refractivity contribution in [1.82, 2.24) is 15.5 Å². The zero-order valence-corrected chi connectivity index (χ0v) is 16.7. The Kier molecular flexibility index (Phi) is 5.49. The molecule has 0 unspecified atom stereocenters. The number of benzene rings is 2. The van der Waals surface area contributed by atoms with Gasteiger partial charge in [0.05, 0.1) is 11.3 Å². The Labute approximate surface area is 179 Å². The highest BCUT2D eigenvalue weighted by atomic mass is 35.5. The first-order valence-electron chi connectivity index (χ1n) is 9.25. The molecule has 0 amide bonds. The van der Waals surface area contributed by atoms with Crippen LogP contribution in [-0.2, 0) is 12.3 Å². The first-order chi connectivity index (χ1) is 14.8. The minimum absolute atomic E-state index is 0.0356. The number of alkyl halides is 2. The van der Waals surface area contributed by atoms with Crippen LogP contribution in [0.3, 0.4) is 0 Å². The third-order valence-electron chi connectivity index (χ3n) is 4.86. The molecular formula is C22H16ClF4N3O. The second-order valence-corrected chi connectivity index (χ2v) is 7.37. The molecule has 0 spiro atoms. The summed E-state index contributed by atoms with van der Waals surface area (Å²) >= 11 is 6.05. The minimum Gasteiger partial charge on any atom is -0.383 e. The molecule has 4 aromatic rings. The SMILES string of the molecule is C=C(NCCc1c[nH]c2ccc(Cl)cc12)c1cc(C(F)(F)c2cc(F)ccc2F)on1. The summed E-state index contributed by atoms with van der Waals surface area (Å²) < 4.78 is 61.1. The van der Waals surface area contributed by atoms with Crippen molar-refractivity contribution in [2.24, 2.45) is 0 Å². The number of nitrogens with zero attached hydrogens (tertiary/aromatic N) is 1. The van der Waals surface area contributed by atoms with E-state index in [-0.39, 0.29) is 11.4 Å². The first-order valence-corrected chi connectivity index (χ1v) is 9.62. The van der Waals surface area contributed by atoms with Crippen molar-refractivity contribution < 1.29 is 22.1 Å². The summed E-state index contributed by atoms with van der Waals surface area (Å²) in [6, 6.07) is 8.30. The van der Waals surface area contributed by atoms with Crippen LogP contribution < -0.4 is 5.32 Å². The average molecular weight is 450 g/mol. The van der Waals surface area contributed by atoms with Crippen LogP contribution in [-0.4, -0.2) is 16.7 Å². The van der Waals surface area contributed by atoms with E-state index in [1.807, 2.05) is 18.3 Å². The normalized spacial score (nSPS) is 11.8. The maximum Gasteiger partial charge on any atom is 0.335 e. The van der Waals surface area contributed by atoms with E-state index in [1.54, 1.807) is 6.07 Å². The Morgan fingerprint density at radius 2 is 1.97 bits per heavy atom. The van der Waals surface area contributed by atoms with E-state index in [1.165, 1.54) is 0 Å². The van der Waals surface area contributed by atoms with E-state index in [0.717, 1.165) is 28.6 Å². The third-order valence-corrected chi connectivity index (χ3v) is 5.09. The number of H-pyrrole nitrogens is 1. The number of halogens is 5. The van der Waals surface area contributed by atoms with E-state index in [4.69, 9.17) is 16.1 Å². The van der Waals surface area contributed by atoms with Crippen LogP contribution in [0.5, 0.6) is 0 Å². The van der Waals surface area contributed by atoms with Gasteiger partial charge in [0.15, 0.2) is 0 Å². The number of rotatable bonds is 7. The van der Waals surface area contributed by atoms with E-state index >= 15 is 0 Å². The van der Waals surface area contributed by atoms with Gasteiger partial charge < -0.3 is 14.8 Å². The zero-order valence-electron chi connectivity index (χ0n) is 16.0. The molecule has 0 aliphatic carbocycles. The van der Waals surface area contributed by atoms with Crippen LogP contribution in [0.2, 0.25) is 5.02 Å². The van der Waals surface area contributed by atoms with Gasteiger partial charge in [0.1, 0.15) is 17.3 Å². The molecule has 0 fully saturated rings. The quantitative estimate of drug-likeness (QED) is 0.339. The Bertz CT molecular complexity index is 1260. The van der Waals surface area contributed by atoms with Gasteiger partial charge in [-0.3, -0.25) is 0 Å². The van der Waals surface area contributed by atoms with Crippen molar-refractivity contribution in [2.75, 3.05) is 6.54 Å². The maximum absolute atomic E-state index is 14.6. The summed E-state index contributed by atoms with van der Waals surface area (Å²) in [6.45, 7) is 4.22. The van der Waals surface area contributed by atoms with Crippen molar-refractivity contribution >= 4 is 28.2 Å². The van der Waals surface area contributed by atoms with Crippen LogP contribution in [0.15, 0.2) is 59.8 Å². The van der Waals surface area contributed by atoms with Crippen molar-refractivity contribution in [3.05, 3.63) is 94.5 Å². The number of fused-ring (bicyclic) bond motifs is 1. The van der Waals surface area contributed by atoms with Gasteiger partial charge >= 0.3 is 5.92 Å². The van der Waals surface area contributed by atoms with Gasteiger partial charge in [0, 0.05) is 34.7 Å². The molecule has 0 radical (unpaired) electrons. The molecule has 2 N–H and O–H groups in total. The lowest BCUT2D eigenvalue weighted by atomic mass is 10.0. The number of nitrogens with one attached hydrogen (secondary N) is 2. The van der Waals surface area contributed by atoms with Crippen LogP contribution in [0.25, 0.3) is 16.6 Å². The summed E-state index contributed by atoms with van der Waals surface area (Å²) in [5.41, 5.74) is 1.13. The average Bonchev–Trinajstić information content (AvgIpc) is 3.38. The first kappa shape index (κ1) is 21.0. The fourth-order valence-corrected chi connectivity index (χ4v) is 3.40. The largest absolute Gasteiger partial charge is 0.383 e. The summed E-state index contributed by atoms with van der Waals surface area (Å²) in [5, 5.41) is 8.19. The molecular weight excluding hydrogens is 434 g/mol. The third kappa shape index (κ3) is 4.16. The van der Waals surface area contributed by atoms with Crippen molar-refractivity contribution in [3.63, 3.8) is 0 Å². The fourth-order valence-electron chi connectivity index (χ4n) is 3.23. The highest BCUT2D eigenvalue weighted by molar-refractivity contribution is 6.31. The van der Waals surface area contributed by atoms with E-state index in [2.05, 4.69) is 22.0 Å². The molecule has 4 nitrogen and oxygen atoms in total. The van der Waals surface area contributed by atoms with Gasteiger partial charge in [-0.2, -0.15) is 8.78 Å². The molecule has 0 saturated heterocycles. The van der Waals surface area contributed by atoms with Crippen LogP contribution in [0.1, 0.15) is 22.6 Å². The topological polar surface area (TPSA) is 53.9 Å². The second-order valence-electron chi connectivity index (χ2n) is 6.93. The maximum atomic E-state index is 14.6. The minimum atomic E-state index is -3.90. The van der Waals surface area contributed by atoms with Gasteiger partial charge in [-0.1, -0.05) is 23.3 Å². The van der Waals surface area contributed by atoms with Gasteiger partial charge in [-0.05, 0) is 48.4 Å². The van der Waals surface area contributed by atoms with Gasteiger partial charge in [-0.15, -0.1) is 0 Å². The lowest BCUT2D eigenvalue weighted by Gasteiger charge is -2.13. The summed E-state index contributed by atoms with van der Waals surface area (Å²) in [6.07, 6.45) is 2.47. The summed E-state index contributed by atoms with van der Waals surface area (Å²) in [4.78, 5) is 3.15. The van der Waals surface area contributed by atoms with Crippen LogP contribution in [0.4, 0.5) is 17.6 Å². The zero-order chi connectivity index (χ0) is 22.2. The van der Waals surface area contributed by atoms with Crippen LogP contribution >= 0.6 is 11.6 Å². The molecule has 0 saturated carbocycles. The predicted octanol–water partition coefficient (Wildman–Crippen LogP) is 6.03. The fraction of sp³-hybridized carbons (Fsp3) is 0.136. The lowest BCUT2D eigenvalue weighted by Crippen LogP contribution is -2.17. The molecule has 2 heterocycles. The standard InChI is InChI=1S/C22H16ClF4N3O/c1-12(28-7-6-13-11-29-19-5-2-14(23)8-16(13)19)20-10-21(31-30-20)22(26,27)17-9-15(24)3-4-18(17)25/h2-5,8-11,28-29H,1,6-7H2. The molecule has 2 aromatic carbocycles. The number of hydrogen-bond acceptors (Lipinski definition) is 3. The number of aromatic nitrogens is 2. The summed E-state index contributed by atoms with van der Waals surface area (Å²) in [7, 11) is 0. The summed E-state index contributed by atoms with van der Waals surface area (Å²) in [5.74, 6) is -7.05. The van der Waals surface area contributed by atoms with Gasteiger partial charge in [0.25, 0.3) is 0 Å². The molecule has 9 heteroatoms. The molecule has 0 aliphatic rings. The smallest absolute Gasteiger partial charge is 0.335 e. The van der Waals surface area contributed by atoms with Crippen molar-refractivity contribution in [2.45, 2.75) is 12.3 Å². The van der Waals surface area contributed by atoms with Crippen molar-refractivity contribution in [1.29, 1.82) is 0 Å². The molecule has 0 bridgehead atoms. The van der Waals surface area contributed by atoms with Gasteiger partial charge in [-0.25, -0.2) is 8.78 Å². The highest BCUT2D eigenvalue weighted by Crippen LogP contribution is 2.38. The molecule has 0 aliphatic heterocycles. The Balaban J connectivity index is 1.44. The monoisotopic (exact) mass is 449 g/mol. The predicted molar refractivity (Wildman–Crippen MR) is 110 cm³/mol.